The molecule has 1 aliphatic rings. The van der Waals surface area contributed by atoms with Gasteiger partial charge in [-0.25, -0.2) is 14.6 Å². The number of primary amides is 1. The van der Waals surface area contributed by atoms with Crippen LogP contribution in [0.1, 0.15) is 27.9 Å². The van der Waals surface area contributed by atoms with E-state index >= 15 is 0 Å². The number of amides is 2. The van der Waals surface area contributed by atoms with Gasteiger partial charge in [0.05, 0.1) is 12.7 Å². The number of hydrogen-bond donors (Lipinski definition) is 1. The summed E-state index contributed by atoms with van der Waals surface area (Å²) in [7, 11) is 1.35. The van der Waals surface area contributed by atoms with Crippen LogP contribution in [-0.4, -0.2) is 35.6 Å². The quantitative estimate of drug-likeness (QED) is 0.852. The van der Waals surface area contributed by atoms with Crippen LogP contribution in [-0.2, 0) is 11.2 Å². The van der Waals surface area contributed by atoms with Gasteiger partial charge >= 0.3 is 12.0 Å². The SMILES string of the molecule is COC(=O)c1c(C)cncc1-c1cnc2c(c1)CCCN2C(N)=O. The first-order chi connectivity index (χ1) is 11.5. The number of esters is 1. The lowest BCUT2D eigenvalue weighted by Crippen LogP contribution is -2.40. The van der Waals surface area contributed by atoms with Crippen molar-refractivity contribution in [1.29, 1.82) is 0 Å². The molecule has 2 amide bonds. The minimum absolute atomic E-state index is 0.415. The Hall–Kier alpha value is -2.96. The molecule has 124 valence electrons. The number of aryl methyl sites for hydroxylation is 2. The fraction of sp³-hybridized carbons (Fsp3) is 0.294. The molecule has 0 saturated heterocycles. The number of fused-ring (bicyclic) bond motifs is 1. The molecular weight excluding hydrogens is 308 g/mol. The van der Waals surface area contributed by atoms with E-state index in [1.807, 2.05) is 13.0 Å². The van der Waals surface area contributed by atoms with Crippen molar-refractivity contribution in [2.24, 2.45) is 5.73 Å². The van der Waals surface area contributed by atoms with Gasteiger partial charge in [0.15, 0.2) is 0 Å². The zero-order valence-electron chi connectivity index (χ0n) is 13.6. The van der Waals surface area contributed by atoms with E-state index in [0.29, 0.717) is 23.5 Å². The molecule has 24 heavy (non-hydrogen) atoms. The topological polar surface area (TPSA) is 98.4 Å². The monoisotopic (exact) mass is 326 g/mol. The summed E-state index contributed by atoms with van der Waals surface area (Å²) in [5.41, 5.74) is 8.96. The standard InChI is InChI=1S/C17H18N4O3/c1-10-7-19-9-13(14(10)16(22)24-2)12-6-11-4-3-5-21(17(18)23)15(11)20-8-12/h6-9H,3-5H2,1-2H3,(H2,18,23). The molecular formula is C17H18N4O3. The number of hydrogen-bond acceptors (Lipinski definition) is 5. The van der Waals surface area contributed by atoms with Crippen molar-refractivity contribution in [3.8, 4) is 11.1 Å². The third-order valence-corrected chi connectivity index (χ3v) is 4.13. The van der Waals surface area contributed by atoms with E-state index in [9.17, 15) is 9.59 Å². The number of nitrogens with two attached hydrogens (primary N) is 1. The first-order valence-electron chi connectivity index (χ1n) is 7.62. The summed E-state index contributed by atoms with van der Waals surface area (Å²) in [6.45, 7) is 2.37. The molecule has 0 aliphatic carbocycles. The first-order valence-corrected chi connectivity index (χ1v) is 7.62. The average Bonchev–Trinajstić information content (AvgIpc) is 2.59. The van der Waals surface area contributed by atoms with E-state index < -0.39 is 12.0 Å². The Labute approximate surface area is 139 Å². The summed E-state index contributed by atoms with van der Waals surface area (Å²) in [4.78, 5) is 33.7. The molecule has 7 heteroatoms. The van der Waals surface area contributed by atoms with E-state index in [1.165, 1.54) is 12.0 Å². The first kappa shape index (κ1) is 15.9. The third-order valence-electron chi connectivity index (χ3n) is 4.13. The third kappa shape index (κ3) is 2.68. The van der Waals surface area contributed by atoms with E-state index in [4.69, 9.17) is 10.5 Å². The van der Waals surface area contributed by atoms with Gasteiger partial charge in [0.1, 0.15) is 5.82 Å². The molecule has 0 radical (unpaired) electrons. The molecule has 2 N–H and O–H groups in total. The summed E-state index contributed by atoms with van der Waals surface area (Å²) >= 11 is 0. The summed E-state index contributed by atoms with van der Waals surface area (Å²) in [5.74, 6) is 0.166. The Kier molecular flexibility index (Phi) is 4.16. The van der Waals surface area contributed by atoms with Crippen molar-refractivity contribution in [3.05, 3.63) is 41.3 Å². The predicted molar refractivity (Wildman–Crippen MR) is 88.8 cm³/mol. The van der Waals surface area contributed by atoms with Crippen LogP contribution >= 0.6 is 0 Å². The number of ether oxygens (including phenoxy) is 1. The van der Waals surface area contributed by atoms with Gasteiger partial charge in [0.2, 0.25) is 0 Å². The molecule has 0 atom stereocenters. The second-order valence-corrected chi connectivity index (χ2v) is 5.67. The van der Waals surface area contributed by atoms with Crippen molar-refractivity contribution < 1.29 is 14.3 Å². The van der Waals surface area contributed by atoms with Gasteiger partial charge in [-0.2, -0.15) is 0 Å². The van der Waals surface area contributed by atoms with Crippen LogP contribution in [0.3, 0.4) is 0 Å². The van der Waals surface area contributed by atoms with Crippen LogP contribution in [0.25, 0.3) is 11.1 Å². The number of carbonyl (C=O) groups is 2. The lowest BCUT2D eigenvalue weighted by molar-refractivity contribution is 0.0600. The molecule has 7 nitrogen and oxygen atoms in total. The Morgan fingerprint density at radius 2 is 2.08 bits per heavy atom. The van der Waals surface area contributed by atoms with Crippen molar-refractivity contribution in [3.63, 3.8) is 0 Å². The zero-order chi connectivity index (χ0) is 17.3. The van der Waals surface area contributed by atoms with Gasteiger partial charge in [-0.3, -0.25) is 9.88 Å². The van der Waals surface area contributed by atoms with Gasteiger partial charge in [-0.1, -0.05) is 0 Å². The number of methoxy groups -OCH3 is 1. The van der Waals surface area contributed by atoms with E-state index in [-0.39, 0.29) is 0 Å². The molecule has 0 bridgehead atoms. The molecule has 0 fully saturated rings. The second-order valence-electron chi connectivity index (χ2n) is 5.67. The number of anilines is 1. The highest BCUT2D eigenvalue weighted by molar-refractivity contribution is 5.98. The van der Waals surface area contributed by atoms with Crippen LogP contribution in [0, 0.1) is 6.92 Å². The van der Waals surface area contributed by atoms with Gasteiger partial charge in [0.25, 0.3) is 0 Å². The molecule has 0 spiro atoms. The maximum absolute atomic E-state index is 12.1. The summed E-state index contributed by atoms with van der Waals surface area (Å²) < 4.78 is 4.88. The van der Waals surface area contributed by atoms with Crippen molar-refractivity contribution in [1.82, 2.24) is 9.97 Å². The van der Waals surface area contributed by atoms with E-state index in [2.05, 4.69) is 9.97 Å². The largest absolute Gasteiger partial charge is 0.465 e. The van der Waals surface area contributed by atoms with Gasteiger partial charge in [-0.05, 0) is 37.0 Å². The zero-order valence-corrected chi connectivity index (χ0v) is 13.6. The highest BCUT2D eigenvalue weighted by Gasteiger charge is 2.24. The second kappa shape index (κ2) is 6.27. The normalized spacial score (nSPS) is 13.3. The maximum Gasteiger partial charge on any atom is 0.338 e. The average molecular weight is 326 g/mol. The molecule has 0 aromatic carbocycles. The number of pyridine rings is 2. The van der Waals surface area contributed by atoms with Crippen molar-refractivity contribution >= 4 is 17.8 Å². The minimum atomic E-state index is -0.510. The highest BCUT2D eigenvalue weighted by atomic mass is 16.5. The van der Waals surface area contributed by atoms with Crippen LogP contribution in [0.4, 0.5) is 10.6 Å². The lowest BCUT2D eigenvalue weighted by atomic mass is 9.97. The van der Waals surface area contributed by atoms with Crippen LogP contribution in [0.5, 0.6) is 0 Å². The Morgan fingerprint density at radius 3 is 2.79 bits per heavy atom. The number of aromatic nitrogens is 2. The van der Waals surface area contributed by atoms with E-state index in [0.717, 1.165) is 29.5 Å². The van der Waals surface area contributed by atoms with Crippen molar-refractivity contribution in [2.45, 2.75) is 19.8 Å². The molecule has 0 unspecified atom stereocenters. The molecule has 0 saturated carbocycles. The number of carbonyl (C=O) groups excluding carboxylic acids is 2. The molecule has 3 rings (SSSR count). The maximum atomic E-state index is 12.1. The lowest BCUT2D eigenvalue weighted by Gasteiger charge is -2.27. The number of urea groups is 1. The van der Waals surface area contributed by atoms with Crippen LogP contribution in [0.2, 0.25) is 0 Å². The molecule has 2 aromatic heterocycles. The Morgan fingerprint density at radius 1 is 1.29 bits per heavy atom. The number of rotatable bonds is 2. The molecule has 3 heterocycles. The van der Waals surface area contributed by atoms with Gasteiger partial charge in [-0.15, -0.1) is 0 Å². The van der Waals surface area contributed by atoms with Crippen molar-refractivity contribution in [2.75, 3.05) is 18.6 Å². The predicted octanol–water partition coefficient (Wildman–Crippen LogP) is 2.07. The van der Waals surface area contributed by atoms with Crippen LogP contribution in [0.15, 0.2) is 24.7 Å². The fourth-order valence-corrected chi connectivity index (χ4v) is 2.98. The van der Waals surface area contributed by atoms with E-state index in [1.54, 1.807) is 18.6 Å². The minimum Gasteiger partial charge on any atom is -0.465 e. The van der Waals surface area contributed by atoms with Crippen LogP contribution < -0.4 is 10.6 Å². The van der Waals surface area contributed by atoms with Gasteiger partial charge < -0.3 is 10.5 Å². The molecule has 1 aliphatic heterocycles. The summed E-state index contributed by atoms with van der Waals surface area (Å²) in [6, 6.07) is 1.42. The highest BCUT2D eigenvalue weighted by Crippen LogP contribution is 2.31. The smallest absolute Gasteiger partial charge is 0.338 e. The van der Waals surface area contributed by atoms with Gasteiger partial charge in [0, 0.05) is 36.3 Å². The fourth-order valence-electron chi connectivity index (χ4n) is 2.98. The summed E-state index contributed by atoms with van der Waals surface area (Å²) in [6.07, 6.45) is 6.49. The molecule has 2 aromatic rings. The Balaban J connectivity index is 2.11. The Bertz CT molecular complexity index is 819. The summed E-state index contributed by atoms with van der Waals surface area (Å²) in [5, 5.41) is 0. The number of nitrogens with zero attached hydrogens (tertiary/aromatic N) is 3.